The molecule has 0 amide bonds. The third kappa shape index (κ3) is 3.88. The lowest BCUT2D eigenvalue weighted by Gasteiger charge is -2.33. The minimum absolute atomic E-state index is 0.162. The number of rotatable bonds is 4. The van der Waals surface area contributed by atoms with Crippen molar-refractivity contribution < 1.29 is 9.53 Å². The van der Waals surface area contributed by atoms with Crippen molar-refractivity contribution in [2.75, 3.05) is 6.61 Å². The van der Waals surface area contributed by atoms with E-state index in [0.717, 1.165) is 10.6 Å². The topological polar surface area (TPSA) is 26.3 Å². The highest BCUT2D eigenvalue weighted by molar-refractivity contribution is 14.1. The molecule has 1 fully saturated rings. The van der Waals surface area contributed by atoms with Crippen LogP contribution in [-0.2, 0) is 19.4 Å². The second kappa shape index (κ2) is 7.12. The van der Waals surface area contributed by atoms with Crippen LogP contribution < -0.4 is 0 Å². The van der Waals surface area contributed by atoms with Gasteiger partial charge in [0.2, 0.25) is 0 Å². The summed E-state index contributed by atoms with van der Waals surface area (Å²) in [6, 6.07) is 6.02. The average Bonchev–Trinajstić information content (AvgIpc) is 2.39. The van der Waals surface area contributed by atoms with E-state index in [2.05, 4.69) is 28.7 Å². The monoisotopic (exact) mass is 406 g/mol. The molecule has 0 N–H and O–H groups in total. The van der Waals surface area contributed by atoms with E-state index >= 15 is 0 Å². The summed E-state index contributed by atoms with van der Waals surface area (Å²) in [5.41, 5.74) is 2.14. The number of alkyl halides is 1. The third-order valence-corrected chi connectivity index (χ3v) is 5.79. The fourth-order valence-electron chi connectivity index (χ4n) is 2.79. The summed E-state index contributed by atoms with van der Waals surface area (Å²) in [6.07, 6.45) is 6.52. The molecule has 0 aliphatic heterocycles. The maximum Gasteiger partial charge on any atom is 0.310 e. The molecule has 1 aromatic rings. The van der Waals surface area contributed by atoms with E-state index in [1.54, 1.807) is 0 Å². The molecule has 0 aromatic heterocycles. The molecule has 2 nitrogen and oxygen atoms in total. The molecule has 0 saturated heterocycles. The number of carbonyl (C=O) groups is 1. The molecule has 4 heteroatoms. The lowest BCUT2D eigenvalue weighted by atomic mass is 9.83. The van der Waals surface area contributed by atoms with Gasteiger partial charge in [0.25, 0.3) is 0 Å². The molecular weight excluding hydrogens is 387 g/mol. The summed E-state index contributed by atoms with van der Waals surface area (Å²) in [4.78, 5) is 11.5. The zero-order valence-corrected chi connectivity index (χ0v) is 14.7. The highest BCUT2D eigenvalue weighted by atomic mass is 127. The first-order chi connectivity index (χ1) is 9.55. The SMILES string of the molecule is CCOC(=O)Cc1ccc(C2(I)CCCCC2)c(Cl)c1. The number of hydrogen-bond donors (Lipinski definition) is 0. The van der Waals surface area contributed by atoms with Gasteiger partial charge in [0.15, 0.2) is 0 Å². The highest BCUT2D eigenvalue weighted by Gasteiger charge is 2.32. The van der Waals surface area contributed by atoms with Gasteiger partial charge in [-0.05, 0) is 37.0 Å². The van der Waals surface area contributed by atoms with Crippen LogP contribution in [0.5, 0.6) is 0 Å². The van der Waals surface area contributed by atoms with Crippen LogP contribution in [0.1, 0.15) is 50.2 Å². The number of halogens is 2. The maximum absolute atomic E-state index is 11.5. The Hall–Kier alpha value is -0.290. The van der Waals surface area contributed by atoms with Crippen LogP contribution in [0.4, 0.5) is 0 Å². The van der Waals surface area contributed by atoms with E-state index in [1.807, 2.05) is 19.1 Å². The first-order valence-electron chi connectivity index (χ1n) is 7.18. The van der Waals surface area contributed by atoms with Crippen molar-refractivity contribution in [3.05, 3.63) is 34.3 Å². The molecule has 20 heavy (non-hydrogen) atoms. The fourth-order valence-corrected chi connectivity index (χ4v) is 4.57. The highest BCUT2D eigenvalue weighted by Crippen LogP contribution is 2.47. The Morgan fingerprint density at radius 3 is 2.65 bits per heavy atom. The molecule has 0 unspecified atom stereocenters. The van der Waals surface area contributed by atoms with E-state index in [1.165, 1.54) is 37.7 Å². The molecule has 110 valence electrons. The van der Waals surface area contributed by atoms with Gasteiger partial charge in [-0.2, -0.15) is 0 Å². The van der Waals surface area contributed by atoms with Gasteiger partial charge in [0.1, 0.15) is 0 Å². The van der Waals surface area contributed by atoms with Crippen LogP contribution in [-0.4, -0.2) is 12.6 Å². The Morgan fingerprint density at radius 2 is 2.05 bits per heavy atom. The van der Waals surface area contributed by atoms with Gasteiger partial charge in [-0.15, -0.1) is 0 Å². The standard InChI is InChI=1S/C16H20ClIO2/c1-2-20-15(19)11-12-6-7-13(14(17)10-12)16(18)8-4-3-5-9-16/h6-7,10H,2-5,8-9,11H2,1H3. The van der Waals surface area contributed by atoms with E-state index in [0.29, 0.717) is 13.0 Å². The normalized spacial score (nSPS) is 17.8. The molecule has 2 rings (SSSR count). The van der Waals surface area contributed by atoms with E-state index < -0.39 is 0 Å². The predicted molar refractivity (Wildman–Crippen MR) is 90.6 cm³/mol. The largest absolute Gasteiger partial charge is 0.466 e. The van der Waals surface area contributed by atoms with Gasteiger partial charge >= 0.3 is 5.97 Å². The average molecular weight is 407 g/mol. The molecule has 0 spiro atoms. The van der Waals surface area contributed by atoms with E-state index in [4.69, 9.17) is 16.3 Å². The number of carbonyl (C=O) groups excluding carboxylic acids is 1. The van der Waals surface area contributed by atoms with Crippen LogP contribution in [0, 0.1) is 0 Å². The minimum atomic E-state index is -0.196. The number of ether oxygens (including phenoxy) is 1. The molecule has 0 bridgehead atoms. The van der Waals surface area contributed by atoms with Gasteiger partial charge in [0, 0.05) is 8.44 Å². The molecule has 1 aliphatic carbocycles. The van der Waals surface area contributed by atoms with Gasteiger partial charge in [-0.25, -0.2) is 0 Å². The number of esters is 1. The molecule has 1 saturated carbocycles. The van der Waals surface area contributed by atoms with Gasteiger partial charge in [-0.1, -0.05) is 65.6 Å². The van der Waals surface area contributed by atoms with E-state index in [-0.39, 0.29) is 9.39 Å². The van der Waals surface area contributed by atoms with Gasteiger partial charge in [0.05, 0.1) is 13.0 Å². The summed E-state index contributed by atoms with van der Waals surface area (Å²) in [5, 5.41) is 0.781. The van der Waals surface area contributed by atoms with Crippen LogP contribution in [0.15, 0.2) is 18.2 Å². The Morgan fingerprint density at radius 1 is 1.35 bits per heavy atom. The minimum Gasteiger partial charge on any atom is -0.466 e. The van der Waals surface area contributed by atoms with Gasteiger partial charge in [-0.3, -0.25) is 4.79 Å². The predicted octanol–water partition coefficient (Wildman–Crippen LogP) is 5.04. The Balaban J connectivity index is 2.15. The lowest BCUT2D eigenvalue weighted by molar-refractivity contribution is -0.142. The van der Waals surface area contributed by atoms with Crippen LogP contribution >= 0.6 is 34.2 Å². The summed E-state index contributed by atoms with van der Waals surface area (Å²) in [5.74, 6) is -0.196. The smallest absolute Gasteiger partial charge is 0.310 e. The van der Waals surface area contributed by atoms with Crippen molar-refractivity contribution in [3.63, 3.8) is 0 Å². The van der Waals surface area contributed by atoms with Gasteiger partial charge < -0.3 is 4.74 Å². The zero-order chi connectivity index (χ0) is 14.6. The fraction of sp³-hybridized carbons (Fsp3) is 0.562. The number of hydrogen-bond acceptors (Lipinski definition) is 2. The first-order valence-corrected chi connectivity index (χ1v) is 8.64. The second-order valence-electron chi connectivity index (χ2n) is 5.32. The third-order valence-electron chi connectivity index (χ3n) is 3.82. The Bertz CT molecular complexity index is 481. The Kier molecular flexibility index (Phi) is 5.73. The number of benzene rings is 1. The van der Waals surface area contributed by atoms with Crippen molar-refractivity contribution in [1.82, 2.24) is 0 Å². The second-order valence-corrected chi connectivity index (χ2v) is 7.79. The summed E-state index contributed by atoms with van der Waals surface area (Å²) in [6.45, 7) is 2.23. The summed E-state index contributed by atoms with van der Waals surface area (Å²) >= 11 is 9.01. The van der Waals surface area contributed by atoms with Crippen LogP contribution in [0.2, 0.25) is 5.02 Å². The van der Waals surface area contributed by atoms with E-state index in [9.17, 15) is 4.79 Å². The molecule has 0 radical (unpaired) electrons. The molecule has 1 aliphatic rings. The Labute approximate surface area is 139 Å². The molecule has 0 atom stereocenters. The summed E-state index contributed by atoms with van der Waals surface area (Å²) in [7, 11) is 0. The van der Waals surface area contributed by atoms with Crippen molar-refractivity contribution in [1.29, 1.82) is 0 Å². The van der Waals surface area contributed by atoms with Crippen molar-refractivity contribution in [2.45, 2.75) is 48.9 Å². The summed E-state index contributed by atoms with van der Waals surface area (Å²) < 4.78 is 5.13. The van der Waals surface area contributed by atoms with Crippen molar-refractivity contribution >= 4 is 40.2 Å². The molecule has 0 heterocycles. The van der Waals surface area contributed by atoms with Crippen LogP contribution in [0.25, 0.3) is 0 Å². The first kappa shape index (κ1) is 16.1. The van der Waals surface area contributed by atoms with Crippen molar-refractivity contribution in [2.24, 2.45) is 0 Å². The van der Waals surface area contributed by atoms with Crippen LogP contribution in [0.3, 0.4) is 0 Å². The lowest BCUT2D eigenvalue weighted by Crippen LogP contribution is -2.22. The molecular formula is C16H20ClIO2. The molecule has 1 aromatic carbocycles. The van der Waals surface area contributed by atoms with Crippen molar-refractivity contribution in [3.8, 4) is 0 Å². The maximum atomic E-state index is 11.5. The zero-order valence-electron chi connectivity index (χ0n) is 11.8. The quantitative estimate of drug-likeness (QED) is 0.398.